The Bertz CT molecular complexity index is 271. The van der Waals surface area contributed by atoms with Gasteiger partial charge in [-0.2, -0.15) is 0 Å². The Hall–Kier alpha value is -0.240. The van der Waals surface area contributed by atoms with Gasteiger partial charge >= 0.3 is 0 Å². The highest BCUT2D eigenvalue weighted by molar-refractivity contribution is 6.35. The van der Waals surface area contributed by atoms with Crippen LogP contribution in [0.15, 0.2) is 12.1 Å². The van der Waals surface area contributed by atoms with Crippen LogP contribution in [0.2, 0.25) is 10.0 Å². The zero-order valence-electron chi connectivity index (χ0n) is 6.20. The van der Waals surface area contributed by atoms with E-state index in [9.17, 15) is 0 Å². The van der Waals surface area contributed by atoms with Gasteiger partial charge in [0.2, 0.25) is 0 Å². The van der Waals surface area contributed by atoms with Crippen molar-refractivity contribution in [3.63, 3.8) is 0 Å². The third-order valence-corrected chi connectivity index (χ3v) is 2.31. The fourth-order valence-electron chi connectivity index (χ4n) is 0.873. The smallest absolute Gasteiger partial charge is 0.0465 e. The highest BCUT2D eigenvalue weighted by Crippen LogP contribution is 2.24. The van der Waals surface area contributed by atoms with Crippen LogP contribution in [0, 0.1) is 6.92 Å². The summed E-state index contributed by atoms with van der Waals surface area (Å²) in [6.07, 6.45) is 0. The van der Waals surface area contributed by atoms with Crippen LogP contribution in [-0.4, -0.2) is 0 Å². The Kier molecular flexibility index (Phi) is 2.77. The lowest BCUT2D eigenvalue weighted by molar-refractivity contribution is 1.07. The van der Waals surface area contributed by atoms with Crippen molar-refractivity contribution in [1.29, 1.82) is 0 Å². The number of rotatable bonds is 1. The molecule has 0 bridgehead atoms. The van der Waals surface area contributed by atoms with Crippen LogP contribution in [0.4, 0.5) is 0 Å². The lowest BCUT2D eigenvalue weighted by Gasteiger charge is -2.03. The molecule has 3 heteroatoms. The van der Waals surface area contributed by atoms with E-state index in [4.69, 9.17) is 28.9 Å². The molecule has 0 saturated carbocycles. The van der Waals surface area contributed by atoms with Gasteiger partial charge in [-0.25, -0.2) is 0 Å². The molecule has 0 atom stereocenters. The molecule has 60 valence electrons. The summed E-state index contributed by atoms with van der Waals surface area (Å²) >= 11 is 11.7. The maximum atomic E-state index is 5.84. The van der Waals surface area contributed by atoms with Gasteiger partial charge in [0.25, 0.3) is 0 Å². The molecule has 0 unspecified atom stereocenters. The van der Waals surface area contributed by atoms with Crippen LogP contribution in [0.5, 0.6) is 0 Å². The molecule has 0 aliphatic rings. The summed E-state index contributed by atoms with van der Waals surface area (Å²) in [6, 6.07) is 3.63. The van der Waals surface area contributed by atoms with Gasteiger partial charge in [-0.15, -0.1) is 0 Å². The number of benzene rings is 1. The lowest BCUT2D eigenvalue weighted by atomic mass is 10.1. The van der Waals surface area contributed by atoms with E-state index in [0.717, 1.165) is 11.1 Å². The lowest BCUT2D eigenvalue weighted by Crippen LogP contribution is -1.97. The topological polar surface area (TPSA) is 26.0 Å². The fourth-order valence-corrected chi connectivity index (χ4v) is 1.33. The van der Waals surface area contributed by atoms with E-state index in [1.807, 2.05) is 13.0 Å². The van der Waals surface area contributed by atoms with Crippen LogP contribution in [0.3, 0.4) is 0 Å². The minimum atomic E-state index is 0.455. The molecule has 11 heavy (non-hydrogen) atoms. The molecule has 0 aliphatic heterocycles. The number of hydrogen-bond donors (Lipinski definition) is 1. The maximum absolute atomic E-state index is 5.84. The van der Waals surface area contributed by atoms with E-state index in [2.05, 4.69) is 0 Å². The van der Waals surface area contributed by atoms with E-state index in [1.165, 1.54) is 0 Å². The largest absolute Gasteiger partial charge is 0.326 e. The maximum Gasteiger partial charge on any atom is 0.0465 e. The Morgan fingerprint density at radius 1 is 1.27 bits per heavy atom. The minimum Gasteiger partial charge on any atom is -0.326 e. The second kappa shape index (κ2) is 3.44. The van der Waals surface area contributed by atoms with Gasteiger partial charge in [0.15, 0.2) is 0 Å². The van der Waals surface area contributed by atoms with Crippen molar-refractivity contribution < 1.29 is 0 Å². The Labute approximate surface area is 76.1 Å². The first-order valence-corrected chi connectivity index (χ1v) is 4.05. The SMILES string of the molecule is Cc1cc(CN)c(Cl)cc1Cl. The summed E-state index contributed by atoms with van der Waals surface area (Å²) in [5, 5.41) is 1.33. The van der Waals surface area contributed by atoms with E-state index in [1.54, 1.807) is 6.07 Å². The monoisotopic (exact) mass is 189 g/mol. The minimum absolute atomic E-state index is 0.455. The number of aryl methyl sites for hydroxylation is 1. The summed E-state index contributed by atoms with van der Waals surface area (Å²) in [6.45, 7) is 2.38. The van der Waals surface area contributed by atoms with Gasteiger partial charge in [-0.1, -0.05) is 29.3 Å². The van der Waals surface area contributed by atoms with Gasteiger partial charge in [-0.3, -0.25) is 0 Å². The van der Waals surface area contributed by atoms with E-state index < -0.39 is 0 Å². The van der Waals surface area contributed by atoms with Gasteiger partial charge in [0.1, 0.15) is 0 Å². The third kappa shape index (κ3) is 1.86. The normalized spacial score (nSPS) is 10.2. The van der Waals surface area contributed by atoms with Crippen molar-refractivity contribution in [2.45, 2.75) is 13.5 Å². The molecular formula is C8H9Cl2N. The highest BCUT2D eigenvalue weighted by Gasteiger charge is 2.01. The fraction of sp³-hybridized carbons (Fsp3) is 0.250. The van der Waals surface area contributed by atoms with Gasteiger partial charge < -0.3 is 5.73 Å². The summed E-state index contributed by atoms with van der Waals surface area (Å²) in [5.41, 5.74) is 7.39. The van der Waals surface area contributed by atoms with E-state index in [0.29, 0.717) is 16.6 Å². The predicted octanol–water partition coefficient (Wildman–Crippen LogP) is 2.76. The summed E-state index contributed by atoms with van der Waals surface area (Å²) in [5.74, 6) is 0. The van der Waals surface area contributed by atoms with Crippen LogP contribution in [0.1, 0.15) is 11.1 Å². The molecule has 1 nitrogen and oxygen atoms in total. The van der Waals surface area contributed by atoms with Crippen molar-refractivity contribution in [3.05, 3.63) is 33.3 Å². The Morgan fingerprint density at radius 2 is 1.91 bits per heavy atom. The number of hydrogen-bond acceptors (Lipinski definition) is 1. The van der Waals surface area contributed by atoms with Gasteiger partial charge in [0.05, 0.1) is 0 Å². The number of halogens is 2. The van der Waals surface area contributed by atoms with Crippen LogP contribution in [0.25, 0.3) is 0 Å². The highest BCUT2D eigenvalue weighted by atomic mass is 35.5. The molecule has 0 aliphatic carbocycles. The molecule has 0 radical (unpaired) electrons. The molecule has 0 amide bonds. The van der Waals surface area contributed by atoms with Crippen LogP contribution in [-0.2, 0) is 6.54 Å². The second-order valence-electron chi connectivity index (χ2n) is 2.40. The van der Waals surface area contributed by atoms with Crippen LogP contribution < -0.4 is 5.73 Å². The number of nitrogens with two attached hydrogens (primary N) is 1. The molecule has 0 aromatic heterocycles. The van der Waals surface area contributed by atoms with Crippen molar-refractivity contribution >= 4 is 23.2 Å². The molecule has 2 N–H and O–H groups in total. The molecule has 0 fully saturated rings. The zero-order chi connectivity index (χ0) is 8.43. The Balaban J connectivity index is 3.21. The molecule has 1 rings (SSSR count). The second-order valence-corrected chi connectivity index (χ2v) is 3.21. The molecule has 0 heterocycles. The molecule has 1 aromatic carbocycles. The average Bonchev–Trinajstić information content (AvgIpc) is 1.97. The first-order valence-electron chi connectivity index (χ1n) is 3.29. The van der Waals surface area contributed by atoms with Crippen molar-refractivity contribution in [3.8, 4) is 0 Å². The summed E-state index contributed by atoms with van der Waals surface area (Å²) in [7, 11) is 0. The van der Waals surface area contributed by atoms with Crippen molar-refractivity contribution in [2.75, 3.05) is 0 Å². The summed E-state index contributed by atoms with van der Waals surface area (Å²) in [4.78, 5) is 0. The molecular weight excluding hydrogens is 181 g/mol. The standard InChI is InChI=1S/C8H9Cl2N/c1-5-2-6(4-11)8(10)3-7(5)9/h2-3H,4,11H2,1H3. The molecule has 1 aromatic rings. The van der Waals surface area contributed by atoms with E-state index >= 15 is 0 Å². The first kappa shape index (κ1) is 8.85. The average molecular weight is 190 g/mol. The predicted molar refractivity (Wildman–Crippen MR) is 49.1 cm³/mol. The van der Waals surface area contributed by atoms with Crippen molar-refractivity contribution in [1.82, 2.24) is 0 Å². The summed E-state index contributed by atoms with van der Waals surface area (Å²) < 4.78 is 0. The zero-order valence-corrected chi connectivity index (χ0v) is 7.71. The van der Waals surface area contributed by atoms with Gasteiger partial charge in [-0.05, 0) is 24.1 Å². The Morgan fingerprint density at radius 3 is 2.45 bits per heavy atom. The van der Waals surface area contributed by atoms with Gasteiger partial charge in [0, 0.05) is 16.6 Å². The van der Waals surface area contributed by atoms with Crippen LogP contribution >= 0.6 is 23.2 Å². The third-order valence-electron chi connectivity index (χ3n) is 1.55. The molecule has 0 saturated heterocycles. The van der Waals surface area contributed by atoms with E-state index in [-0.39, 0.29) is 0 Å². The quantitative estimate of drug-likeness (QED) is 0.723. The van der Waals surface area contributed by atoms with Crippen molar-refractivity contribution in [2.24, 2.45) is 5.73 Å². The first-order chi connectivity index (χ1) is 5.15. The molecule has 0 spiro atoms.